The molecule has 2 aromatic heterocycles. The number of nitrogens with zero attached hydrogens (tertiary/aromatic N) is 6. The molecule has 0 spiro atoms. The molecular formula is C51H58ClN9O5. The molecule has 4 heterocycles. The zero-order valence-corrected chi connectivity index (χ0v) is 38.2. The number of anilines is 1. The Morgan fingerprint density at radius 1 is 0.864 bits per heavy atom. The third kappa shape index (κ3) is 11.5. The van der Waals surface area contributed by atoms with Gasteiger partial charge >= 0.3 is 0 Å². The van der Waals surface area contributed by atoms with Gasteiger partial charge in [0.15, 0.2) is 0 Å². The van der Waals surface area contributed by atoms with E-state index < -0.39 is 5.60 Å². The highest BCUT2D eigenvalue weighted by Crippen LogP contribution is 2.30. The van der Waals surface area contributed by atoms with Crippen molar-refractivity contribution in [1.82, 2.24) is 34.6 Å². The van der Waals surface area contributed by atoms with Crippen LogP contribution < -0.4 is 21.9 Å². The van der Waals surface area contributed by atoms with E-state index in [1.807, 2.05) is 65.6 Å². The number of pyridine rings is 1. The van der Waals surface area contributed by atoms with Crippen LogP contribution in [-0.2, 0) is 29.1 Å². The molecule has 344 valence electrons. The van der Waals surface area contributed by atoms with Crippen molar-refractivity contribution in [1.29, 1.82) is 0 Å². The van der Waals surface area contributed by atoms with Crippen LogP contribution in [0.25, 0.3) is 33.1 Å². The molecular weight excluding hydrogens is 854 g/mol. The summed E-state index contributed by atoms with van der Waals surface area (Å²) in [4.78, 5) is 69.7. The van der Waals surface area contributed by atoms with Gasteiger partial charge < -0.3 is 36.2 Å². The number of likely N-dealkylation sites (N-methyl/N-ethyl adjacent to an activating group) is 1. The van der Waals surface area contributed by atoms with E-state index in [-0.39, 0.29) is 35.7 Å². The lowest BCUT2D eigenvalue weighted by atomic mass is 9.88. The van der Waals surface area contributed by atoms with Crippen LogP contribution in [0.2, 0.25) is 5.02 Å². The van der Waals surface area contributed by atoms with E-state index in [0.29, 0.717) is 110 Å². The number of likely N-dealkylation sites (tertiary alicyclic amines) is 1. The molecule has 2 aliphatic heterocycles. The quantitative estimate of drug-likeness (QED) is 0.0878. The van der Waals surface area contributed by atoms with Gasteiger partial charge in [-0.2, -0.15) is 0 Å². The maximum absolute atomic E-state index is 14.2. The number of aliphatic hydroxyl groups is 1. The Hall–Kier alpha value is -6.03. The molecule has 0 radical (unpaired) electrons. The fourth-order valence-corrected chi connectivity index (χ4v) is 9.24. The van der Waals surface area contributed by atoms with Crippen LogP contribution in [-0.4, -0.2) is 117 Å². The van der Waals surface area contributed by atoms with Crippen molar-refractivity contribution in [2.24, 2.45) is 11.7 Å². The first kappa shape index (κ1) is 46.5. The fraction of sp³-hybridized carbons (Fsp3) is 0.373. The molecule has 0 aliphatic carbocycles. The third-order valence-electron chi connectivity index (χ3n) is 13.0. The number of hydrogen-bond acceptors (Lipinski definition) is 10. The highest BCUT2D eigenvalue weighted by Gasteiger charge is 2.36. The largest absolute Gasteiger partial charge is 0.388 e. The third-order valence-corrected chi connectivity index (χ3v) is 13.3. The summed E-state index contributed by atoms with van der Waals surface area (Å²) >= 11 is 6.66. The Morgan fingerprint density at radius 2 is 1.62 bits per heavy atom. The topological polar surface area (TPSA) is 179 Å². The van der Waals surface area contributed by atoms with E-state index in [1.165, 1.54) is 10.9 Å². The molecule has 14 nitrogen and oxygen atoms in total. The predicted octanol–water partition coefficient (Wildman–Crippen LogP) is 5.72. The van der Waals surface area contributed by atoms with Gasteiger partial charge in [0.05, 0.1) is 45.6 Å². The number of nitrogens with one attached hydrogen (secondary N) is 2. The van der Waals surface area contributed by atoms with Gasteiger partial charge in [0.1, 0.15) is 0 Å². The van der Waals surface area contributed by atoms with E-state index in [9.17, 15) is 24.3 Å². The second-order valence-electron chi connectivity index (χ2n) is 17.8. The molecule has 4 aromatic carbocycles. The normalized spacial score (nSPS) is 16.0. The summed E-state index contributed by atoms with van der Waals surface area (Å²) in [5.41, 5.74) is 10.1. The molecule has 2 saturated heterocycles. The summed E-state index contributed by atoms with van der Waals surface area (Å²) in [5, 5.41) is 19.4. The van der Waals surface area contributed by atoms with Gasteiger partial charge in [0.2, 0.25) is 11.8 Å². The van der Waals surface area contributed by atoms with Crippen molar-refractivity contribution in [3.63, 3.8) is 0 Å². The SMILES string of the molecule is CN1CCN(CCC(=O)Nc2ccc3c(=O)n(CC4(O)CCN(C(=O)C(CCCNC(=O)c5ccc6c(Cl)cc(-c7cccc(CN)c7)nc6c5)Cc5ccccc5)CC4)cnc3c2)CC1. The van der Waals surface area contributed by atoms with Crippen molar-refractivity contribution >= 4 is 56.8 Å². The summed E-state index contributed by atoms with van der Waals surface area (Å²) in [6, 6.07) is 29.9. The number of piperidine rings is 1. The summed E-state index contributed by atoms with van der Waals surface area (Å²) in [6.45, 7) is 6.06. The Kier molecular flexibility index (Phi) is 14.8. The lowest BCUT2D eigenvalue weighted by Crippen LogP contribution is -2.51. The summed E-state index contributed by atoms with van der Waals surface area (Å²) in [6.07, 6.45) is 4.09. The molecule has 15 heteroatoms. The van der Waals surface area contributed by atoms with Gasteiger partial charge in [-0.25, -0.2) is 9.97 Å². The van der Waals surface area contributed by atoms with E-state index >= 15 is 0 Å². The van der Waals surface area contributed by atoms with Crippen LogP contribution in [0.3, 0.4) is 0 Å². The fourth-order valence-electron chi connectivity index (χ4n) is 8.98. The maximum atomic E-state index is 14.2. The minimum Gasteiger partial charge on any atom is -0.388 e. The number of fused-ring (bicyclic) bond motifs is 2. The summed E-state index contributed by atoms with van der Waals surface area (Å²) < 4.78 is 1.43. The molecule has 0 bridgehead atoms. The van der Waals surface area contributed by atoms with Gasteiger partial charge in [-0.3, -0.25) is 23.7 Å². The molecule has 1 atom stereocenters. The van der Waals surface area contributed by atoms with Crippen molar-refractivity contribution < 1.29 is 19.5 Å². The number of amides is 3. The second kappa shape index (κ2) is 21.1. The zero-order valence-electron chi connectivity index (χ0n) is 37.4. The van der Waals surface area contributed by atoms with Gasteiger partial charge in [0, 0.05) is 93.4 Å². The van der Waals surface area contributed by atoms with Crippen LogP contribution >= 0.6 is 11.6 Å². The van der Waals surface area contributed by atoms with Crippen molar-refractivity contribution in [2.75, 3.05) is 64.7 Å². The minimum absolute atomic E-state index is 0.00396. The second-order valence-corrected chi connectivity index (χ2v) is 18.2. The van der Waals surface area contributed by atoms with Crippen molar-refractivity contribution in [3.8, 4) is 11.3 Å². The van der Waals surface area contributed by atoms with Gasteiger partial charge in [-0.1, -0.05) is 66.2 Å². The molecule has 8 rings (SSSR count). The number of carbonyl (C=O) groups is 3. The number of piperazine rings is 1. The number of nitrogens with two attached hydrogens (primary N) is 1. The maximum Gasteiger partial charge on any atom is 0.261 e. The summed E-state index contributed by atoms with van der Waals surface area (Å²) in [7, 11) is 2.10. The van der Waals surface area contributed by atoms with E-state index in [1.54, 1.807) is 36.4 Å². The van der Waals surface area contributed by atoms with Crippen LogP contribution in [0, 0.1) is 5.92 Å². The lowest BCUT2D eigenvalue weighted by Gasteiger charge is -2.39. The molecule has 2 fully saturated rings. The molecule has 0 saturated carbocycles. The van der Waals surface area contributed by atoms with Crippen LogP contribution in [0.5, 0.6) is 0 Å². The molecule has 2 aliphatic rings. The van der Waals surface area contributed by atoms with Crippen molar-refractivity contribution in [2.45, 2.75) is 57.2 Å². The Morgan fingerprint density at radius 3 is 2.39 bits per heavy atom. The Bertz CT molecular complexity index is 2750. The predicted molar refractivity (Wildman–Crippen MR) is 259 cm³/mol. The number of aromatic nitrogens is 3. The first-order valence-electron chi connectivity index (χ1n) is 22.9. The minimum atomic E-state index is -1.21. The van der Waals surface area contributed by atoms with E-state index in [0.717, 1.165) is 48.3 Å². The average molecular weight is 913 g/mol. The number of hydrogen-bond donors (Lipinski definition) is 4. The molecule has 1 unspecified atom stereocenters. The lowest BCUT2D eigenvalue weighted by molar-refractivity contribution is -0.140. The van der Waals surface area contributed by atoms with Crippen molar-refractivity contribution in [3.05, 3.63) is 135 Å². The highest BCUT2D eigenvalue weighted by molar-refractivity contribution is 6.35. The van der Waals surface area contributed by atoms with Gasteiger partial charge in [-0.05, 0) is 92.7 Å². The molecule has 6 aromatic rings. The Balaban J connectivity index is 0.851. The number of rotatable bonds is 16. The van der Waals surface area contributed by atoms with Crippen LogP contribution in [0.4, 0.5) is 5.69 Å². The molecule has 66 heavy (non-hydrogen) atoms. The van der Waals surface area contributed by atoms with E-state index in [2.05, 4.69) is 32.5 Å². The van der Waals surface area contributed by atoms with E-state index in [4.69, 9.17) is 22.3 Å². The number of benzene rings is 4. The zero-order chi connectivity index (χ0) is 46.2. The monoisotopic (exact) mass is 911 g/mol. The smallest absolute Gasteiger partial charge is 0.261 e. The Labute approximate surface area is 389 Å². The number of carbonyl (C=O) groups excluding carboxylic acids is 3. The molecule has 3 amide bonds. The first-order chi connectivity index (χ1) is 31.9. The summed E-state index contributed by atoms with van der Waals surface area (Å²) in [5.74, 6) is -0.664. The van der Waals surface area contributed by atoms with Gasteiger partial charge in [-0.15, -0.1) is 0 Å². The van der Waals surface area contributed by atoms with Crippen LogP contribution in [0.1, 0.15) is 53.6 Å². The van der Waals surface area contributed by atoms with Crippen LogP contribution in [0.15, 0.2) is 108 Å². The standard InChI is InChI=1S/C51H58ClN9O5/c1-58-23-25-59(26-24-58)20-16-47(62)56-40-13-15-42-45(30-40)55-34-61(50(42)65)33-51(66)17-21-60(22-18-51)49(64)39(27-35-7-3-2-4-8-35)11-6-19-54-48(63)38-12-14-41-43(52)31-44(57-46(41)29-38)37-10-5-9-36(28-37)32-53/h2-5,7-10,12-15,28-31,34,39,66H,6,11,16-27,32-33,53H2,1H3,(H,54,63)(H,56,62). The highest BCUT2D eigenvalue weighted by atomic mass is 35.5. The molecule has 5 N–H and O–H groups in total. The number of halogens is 1. The first-order valence-corrected chi connectivity index (χ1v) is 23.2. The average Bonchev–Trinajstić information content (AvgIpc) is 3.33. The van der Waals surface area contributed by atoms with Gasteiger partial charge in [0.25, 0.3) is 11.5 Å².